The summed E-state index contributed by atoms with van der Waals surface area (Å²) in [4.78, 5) is 39.1. The Kier molecular flexibility index (Phi) is 4.99. The lowest BCUT2D eigenvalue weighted by atomic mass is 9.77. The summed E-state index contributed by atoms with van der Waals surface area (Å²) >= 11 is 3.35. The average molecular weight is 410 g/mol. The molecule has 1 saturated carbocycles. The van der Waals surface area contributed by atoms with Crippen molar-refractivity contribution in [2.24, 2.45) is 0 Å². The molecule has 7 nitrogen and oxygen atoms in total. The highest BCUT2D eigenvalue weighted by molar-refractivity contribution is 9.10. The highest BCUT2D eigenvalue weighted by Crippen LogP contribution is 2.37. The van der Waals surface area contributed by atoms with Crippen molar-refractivity contribution in [2.45, 2.75) is 24.8 Å². The number of hydrogen-bond acceptors (Lipinski definition) is 4. The first-order valence-electron chi connectivity index (χ1n) is 8.18. The van der Waals surface area contributed by atoms with Gasteiger partial charge < -0.3 is 15.0 Å². The maximum Gasteiger partial charge on any atom is 0.325 e. The van der Waals surface area contributed by atoms with Crippen LogP contribution in [0.3, 0.4) is 0 Å². The van der Waals surface area contributed by atoms with E-state index in [0.29, 0.717) is 31.7 Å². The molecule has 1 heterocycles. The van der Waals surface area contributed by atoms with E-state index in [1.165, 1.54) is 4.90 Å². The molecule has 0 aromatic heterocycles. The van der Waals surface area contributed by atoms with Crippen molar-refractivity contribution in [2.75, 3.05) is 26.7 Å². The van der Waals surface area contributed by atoms with Crippen molar-refractivity contribution < 1.29 is 19.1 Å². The first kappa shape index (κ1) is 17.7. The lowest BCUT2D eigenvalue weighted by molar-refractivity contribution is -0.140. The van der Waals surface area contributed by atoms with Gasteiger partial charge in [-0.2, -0.15) is 0 Å². The van der Waals surface area contributed by atoms with Gasteiger partial charge in [-0.1, -0.05) is 15.9 Å². The summed E-state index contributed by atoms with van der Waals surface area (Å²) in [5, 5.41) is 2.72. The van der Waals surface area contributed by atoms with Crippen LogP contribution in [-0.2, 0) is 9.59 Å². The molecule has 0 unspecified atom stereocenters. The molecule has 1 aliphatic carbocycles. The molecule has 8 heteroatoms. The fourth-order valence-corrected chi connectivity index (χ4v) is 3.17. The standard InChI is InChI=1S/C17H20BrN3O4/c1-20(9-10-25-13-5-3-12(18)4-6-13)14(22)11-21-15(23)17(7-2-8-17)19-16(21)24/h3-6H,2,7-11H2,1H3,(H,19,24). The Balaban J connectivity index is 1.47. The number of likely N-dealkylation sites (N-methyl/N-ethyl adjacent to an activating group) is 1. The summed E-state index contributed by atoms with van der Waals surface area (Å²) in [6, 6.07) is 6.93. The third-order valence-corrected chi connectivity index (χ3v) is 5.21. The molecule has 0 atom stereocenters. The minimum absolute atomic E-state index is 0.235. The number of carbonyl (C=O) groups excluding carboxylic acids is 3. The van der Waals surface area contributed by atoms with Gasteiger partial charge in [-0.3, -0.25) is 14.5 Å². The van der Waals surface area contributed by atoms with Gasteiger partial charge in [-0.25, -0.2) is 4.79 Å². The molecule has 0 bridgehead atoms. The molecule has 3 rings (SSSR count). The smallest absolute Gasteiger partial charge is 0.325 e. The van der Waals surface area contributed by atoms with E-state index >= 15 is 0 Å². The van der Waals surface area contributed by atoms with Gasteiger partial charge in [0.25, 0.3) is 5.91 Å². The zero-order valence-corrected chi connectivity index (χ0v) is 15.5. The summed E-state index contributed by atoms with van der Waals surface area (Å²) in [5.41, 5.74) is -0.749. The molecule has 1 spiro atoms. The molecule has 1 aromatic rings. The Morgan fingerprint density at radius 2 is 2.00 bits per heavy atom. The Bertz CT molecular complexity index is 688. The van der Waals surface area contributed by atoms with Gasteiger partial charge in [0.1, 0.15) is 24.4 Å². The van der Waals surface area contributed by atoms with Crippen LogP contribution < -0.4 is 10.1 Å². The Morgan fingerprint density at radius 3 is 2.56 bits per heavy atom. The molecular formula is C17H20BrN3O4. The van der Waals surface area contributed by atoms with E-state index in [0.717, 1.165) is 15.8 Å². The number of nitrogens with zero attached hydrogens (tertiary/aromatic N) is 2. The van der Waals surface area contributed by atoms with Crippen molar-refractivity contribution in [3.63, 3.8) is 0 Å². The van der Waals surface area contributed by atoms with Crippen LogP contribution >= 0.6 is 15.9 Å². The van der Waals surface area contributed by atoms with E-state index in [2.05, 4.69) is 21.2 Å². The zero-order valence-electron chi connectivity index (χ0n) is 14.0. The maximum absolute atomic E-state index is 12.3. The summed E-state index contributed by atoms with van der Waals surface area (Å²) in [7, 11) is 1.63. The normalized spacial score (nSPS) is 18.1. The van der Waals surface area contributed by atoms with E-state index in [1.54, 1.807) is 7.05 Å². The first-order chi connectivity index (χ1) is 11.9. The van der Waals surface area contributed by atoms with E-state index in [1.807, 2.05) is 24.3 Å². The van der Waals surface area contributed by atoms with Gasteiger partial charge in [0.2, 0.25) is 5.91 Å². The summed E-state index contributed by atoms with van der Waals surface area (Å²) in [5.74, 6) is 0.140. The molecule has 134 valence electrons. The number of carbonyl (C=O) groups is 3. The van der Waals surface area contributed by atoms with Crippen LogP contribution in [0, 0.1) is 0 Å². The first-order valence-corrected chi connectivity index (χ1v) is 8.97. The van der Waals surface area contributed by atoms with Crippen molar-refractivity contribution in [1.82, 2.24) is 15.1 Å². The minimum Gasteiger partial charge on any atom is -0.492 e. The topological polar surface area (TPSA) is 79.0 Å². The van der Waals surface area contributed by atoms with Crippen LogP contribution in [-0.4, -0.2) is 59.9 Å². The number of urea groups is 1. The number of amides is 4. The summed E-state index contributed by atoms with van der Waals surface area (Å²) in [6.45, 7) is 0.457. The quantitative estimate of drug-likeness (QED) is 0.725. The van der Waals surface area contributed by atoms with Gasteiger partial charge in [0.05, 0.1) is 6.54 Å². The van der Waals surface area contributed by atoms with Crippen LogP contribution in [0.25, 0.3) is 0 Å². The number of halogens is 1. The number of rotatable bonds is 6. The SMILES string of the molecule is CN(CCOc1ccc(Br)cc1)C(=O)CN1C(=O)NC2(CCC2)C1=O. The Labute approximate surface area is 154 Å². The fraction of sp³-hybridized carbons (Fsp3) is 0.471. The lowest BCUT2D eigenvalue weighted by Crippen LogP contribution is -2.53. The molecule has 1 N–H and O–H groups in total. The predicted molar refractivity (Wildman–Crippen MR) is 94.1 cm³/mol. The van der Waals surface area contributed by atoms with Crippen molar-refractivity contribution in [3.8, 4) is 5.75 Å². The van der Waals surface area contributed by atoms with Crippen LogP contribution in [0.1, 0.15) is 19.3 Å². The number of benzene rings is 1. The largest absolute Gasteiger partial charge is 0.492 e. The number of imide groups is 1. The van der Waals surface area contributed by atoms with Crippen molar-refractivity contribution in [3.05, 3.63) is 28.7 Å². The molecule has 4 amide bonds. The van der Waals surface area contributed by atoms with Crippen LogP contribution in [0.5, 0.6) is 5.75 Å². The average Bonchev–Trinajstić information content (AvgIpc) is 2.81. The third kappa shape index (κ3) is 3.63. The van der Waals surface area contributed by atoms with Crippen molar-refractivity contribution >= 4 is 33.8 Å². The molecule has 1 saturated heterocycles. The van der Waals surface area contributed by atoms with Gasteiger partial charge in [0.15, 0.2) is 0 Å². The van der Waals surface area contributed by atoms with Gasteiger partial charge in [-0.05, 0) is 43.5 Å². The van der Waals surface area contributed by atoms with E-state index < -0.39 is 11.6 Å². The van der Waals surface area contributed by atoms with Crippen molar-refractivity contribution in [1.29, 1.82) is 0 Å². The second-order valence-corrected chi connectivity index (χ2v) is 7.29. The van der Waals surface area contributed by atoms with Crippen LogP contribution in [0.15, 0.2) is 28.7 Å². The van der Waals surface area contributed by atoms with Crippen LogP contribution in [0.2, 0.25) is 0 Å². The molecule has 2 aliphatic rings. The zero-order chi connectivity index (χ0) is 18.0. The Morgan fingerprint density at radius 1 is 1.32 bits per heavy atom. The van der Waals surface area contributed by atoms with E-state index in [4.69, 9.17) is 4.74 Å². The van der Waals surface area contributed by atoms with Gasteiger partial charge in [0, 0.05) is 11.5 Å². The number of hydrogen-bond donors (Lipinski definition) is 1. The molecule has 0 radical (unpaired) electrons. The summed E-state index contributed by atoms with van der Waals surface area (Å²) in [6.07, 6.45) is 2.22. The maximum atomic E-state index is 12.3. The van der Waals surface area contributed by atoms with E-state index in [-0.39, 0.29) is 18.4 Å². The number of ether oxygens (including phenoxy) is 1. The minimum atomic E-state index is -0.749. The highest BCUT2D eigenvalue weighted by Gasteiger charge is 2.55. The number of nitrogens with one attached hydrogen (secondary N) is 1. The molecule has 1 aliphatic heterocycles. The molecule has 25 heavy (non-hydrogen) atoms. The molecule has 1 aromatic carbocycles. The second kappa shape index (κ2) is 7.03. The molecular weight excluding hydrogens is 390 g/mol. The lowest BCUT2D eigenvalue weighted by Gasteiger charge is -2.34. The monoisotopic (exact) mass is 409 g/mol. The molecule has 2 fully saturated rings. The van der Waals surface area contributed by atoms with Gasteiger partial charge >= 0.3 is 6.03 Å². The predicted octanol–water partition coefficient (Wildman–Crippen LogP) is 1.76. The van der Waals surface area contributed by atoms with E-state index in [9.17, 15) is 14.4 Å². The highest BCUT2D eigenvalue weighted by atomic mass is 79.9. The second-order valence-electron chi connectivity index (χ2n) is 6.37. The summed E-state index contributed by atoms with van der Waals surface area (Å²) < 4.78 is 6.54. The van der Waals surface area contributed by atoms with Gasteiger partial charge in [-0.15, -0.1) is 0 Å². The third-order valence-electron chi connectivity index (χ3n) is 4.68. The fourth-order valence-electron chi connectivity index (χ4n) is 2.90. The Hall–Kier alpha value is -2.09. The van der Waals surface area contributed by atoms with Crippen LogP contribution in [0.4, 0.5) is 4.79 Å².